The highest BCUT2D eigenvalue weighted by Crippen LogP contribution is 2.35. The molecule has 1 heterocycles. The van der Waals surface area contributed by atoms with E-state index in [0.29, 0.717) is 6.20 Å². The molecule has 0 aromatic carbocycles. The van der Waals surface area contributed by atoms with Gasteiger partial charge in [0.2, 0.25) is 10.0 Å². The number of nitrogens with zero attached hydrogens (tertiary/aromatic N) is 2. The highest BCUT2D eigenvalue weighted by Gasteiger charge is 2.32. The Hall–Kier alpha value is -1.39. The van der Waals surface area contributed by atoms with Gasteiger partial charge in [0.1, 0.15) is 0 Å². The van der Waals surface area contributed by atoms with E-state index in [2.05, 4.69) is 10.1 Å². The van der Waals surface area contributed by atoms with Crippen LogP contribution in [0.5, 0.6) is 0 Å². The van der Waals surface area contributed by atoms with Gasteiger partial charge in [0.25, 0.3) is 6.43 Å². The van der Waals surface area contributed by atoms with Crippen LogP contribution < -0.4 is 5.14 Å². The molecule has 1 aromatic rings. The summed E-state index contributed by atoms with van der Waals surface area (Å²) >= 11 is 5.35. The van der Waals surface area contributed by atoms with E-state index < -0.39 is 42.7 Å². The van der Waals surface area contributed by atoms with Crippen molar-refractivity contribution in [3.05, 3.63) is 26.9 Å². The Balaban J connectivity index is 3.72. The second kappa shape index (κ2) is 4.47. The van der Waals surface area contributed by atoms with Gasteiger partial charge in [-0.2, -0.15) is 0 Å². The molecule has 11 heteroatoms. The molecule has 0 saturated heterocycles. The minimum Gasteiger partial charge on any atom is -0.358 e. The van der Waals surface area contributed by atoms with Gasteiger partial charge in [-0.1, -0.05) is 11.6 Å². The molecule has 1 aromatic heterocycles. The molecule has 17 heavy (non-hydrogen) atoms. The fraction of sp³-hybridized carbons (Fsp3) is 0.167. The number of halogens is 3. The lowest BCUT2D eigenvalue weighted by Gasteiger charge is -2.06. The molecule has 0 atom stereocenters. The van der Waals surface area contributed by atoms with Gasteiger partial charge in [-0.25, -0.2) is 22.3 Å². The molecule has 0 bridgehead atoms. The Morgan fingerprint density at radius 3 is 2.41 bits per heavy atom. The topological polar surface area (TPSA) is 116 Å². The summed E-state index contributed by atoms with van der Waals surface area (Å²) < 4.78 is 46.9. The third-order valence-electron chi connectivity index (χ3n) is 1.67. The van der Waals surface area contributed by atoms with Crippen LogP contribution in [-0.4, -0.2) is 18.3 Å². The average Bonchev–Trinajstić information content (AvgIpc) is 2.14. The molecule has 7 nitrogen and oxygen atoms in total. The summed E-state index contributed by atoms with van der Waals surface area (Å²) in [6.07, 6.45) is -2.70. The maximum Gasteiger partial charge on any atom is 0.385 e. The summed E-state index contributed by atoms with van der Waals surface area (Å²) in [4.78, 5) is 11.1. The van der Waals surface area contributed by atoms with E-state index >= 15 is 0 Å². The van der Waals surface area contributed by atoms with E-state index in [-0.39, 0.29) is 0 Å². The molecule has 0 unspecified atom stereocenters. The van der Waals surface area contributed by atoms with Crippen LogP contribution >= 0.6 is 11.6 Å². The van der Waals surface area contributed by atoms with Crippen molar-refractivity contribution in [3.8, 4) is 0 Å². The molecule has 2 N–H and O–H groups in total. The molecule has 94 valence electrons. The third kappa shape index (κ3) is 2.65. The molecule has 0 amide bonds. The predicted octanol–water partition coefficient (Wildman–Crippen LogP) is 1.23. The first kappa shape index (κ1) is 13.7. The van der Waals surface area contributed by atoms with E-state index in [0.717, 1.165) is 0 Å². The Morgan fingerprint density at radius 1 is 1.53 bits per heavy atom. The third-order valence-corrected chi connectivity index (χ3v) is 3.15. The molecular weight excluding hydrogens is 284 g/mol. The molecule has 0 radical (unpaired) electrons. The maximum absolute atomic E-state index is 12.4. The molecule has 1 rings (SSSR count). The van der Waals surface area contributed by atoms with Crippen molar-refractivity contribution in [1.29, 1.82) is 0 Å². The van der Waals surface area contributed by atoms with Crippen molar-refractivity contribution in [1.82, 2.24) is 4.98 Å². The zero-order valence-corrected chi connectivity index (χ0v) is 9.37. The molecule has 0 aliphatic carbocycles. The molecule has 0 fully saturated rings. The first-order valence-corrected chi connectivity index (χ1v) is 5.72. The lowest BCUT2D eigenvalue weighted by molar-refractivity contribution is -0.392. The molecule has 0 aliphatic heterocycles. The van der Waals surface area contributed by atoms with Crippen LogP contribution in [-0.2, 0) is 10.0 Å². The maximum atomic E-state index is 12.4. The van der Waals surface area contributed by atoms with Crippen molar-refractivity contribution >= 4 is 27.4 Å². The second-order valence-electron chi connectivity index (χ2n) is 2.78. The van der Waals surface area contributed by atoms with Crippen LogP contribution in [0.15, 0.2) is 11.1 Å². The smallest absolute Gasteiger partial charge is 0.358 e. The normalized spacial score (nSPS) is 11.8. The van der Waals surface area contributed by atoms with Crippen LogP contribution in [0.1, 0.15) is 12.0 Å². The van der Waals surface area contributed by atoms with Crippen LogP contribution in [0.25, 0.3) is 0 Å². The number of nitrogens with two attached hydrogens (primary N) is 1. The Labute approximate surface area is 98.4 Å². The Morgan fingerprint density at radius 2 is 2.06 bits per heavy atom. The van der Waals surface area contributed by atoms with Crippen LogP contribution in [0.3, 0.4) is 0 Å². The Bertz CT molecular complexity index is 577. The van der Waals surface area contributed by atoms with Crippen molar-refractivity contribution in [3.63, 3.8) is 0 Å². The van der Waals surface area contributed by atoms with Crippen LogP contribution in [0.2, 0.25) is 5.02 Å². The number of pyridine rings is 1. The van der Waals surface area contributed by atoms with Crippen LogP contribution in [0, 0.1) is 10.1 Å². The van der Waals surface area contributed by atoms with Gasteiger partial charge in [0, 0.05) is 0 Å². The van der Waals surface area contributed by atoms with E-state index in [1.807, 2.05) is 0 Å². The summed E-state index contributed by atoms with van der Waals surface area (Å²) in [5, 5.41) is 14.1. The number of hydrogen-bond donors (Lipinski definition) is 1. The largest absolute Gasteiger partial charge is 0.385 e. The van der Waals surface area contributed by atoms with E-state index in [1.165, 1.54) is 0 Å². The summed E-state index contributed by atoms with van der Waals surface area (Å²) in [7, 11) is -4.63. The zero-order chi connectivity index (χ0) is 13.4. The van der Waals surface area contributed by atoms with Gasteiger partial charge in [0.15, 0.2) is 11.1 Å². The van der Waals surface area contributed by atoms with E-state index in [1.54, 1.807) is 0 Å². The lowest BCUT2D eigenvalue weighted by atomic mass is 10.3. The number of alkyl halides is 2. The SMILES string of the molecule is NS(=O)(=O)c1c([N+](=O)[O-])ncc(C(F)F)c1Cl. The average molecular weight is 288 g/mol. The molecule has 0 saturated carbocycles. The van der Waals surface area contributed by atoms with Gasteiger partial charge in [-0.05, 0) is 9.91 Å². The van der Waals surface area contributed by atoms with Gasteiger partial charge in [-0.3, -0.25) is 0 Å². The van der Waals surface area contributed by atoms with Gasteiger partial charge < -0.3 is 10.1 Å². The van der Waals surface area contributed by atoms with E-state index in [9.17, 15) is 27.3 Å². The van der Waals surface area contributed by atoms with Gasteiger partial charge in [0.05, 0.1) is 10.6 Å². The fourth-order valence-electron chi connectivity index (χ4n) is 1.01. The molecule has 0 aliphatic rings. The lowest BCUT2D eigenvalue weighted by Crippen LogP contribution is -2.16. The minimum atomic E-state index is -4.63. The number of rotatable bonds is 3. The summed E-state index contributed by atoms with van der Waals surface area (Å²) in [6.45, 7) is 0. The Kier molecular flexibility index (Phi) is 3.59. The van der Waals surface area contributed by atoms with Crippen molar-refractivity contribution < 1.29 is 22.1 Å². The number of primary sulfonamides is 1. The number of sulfonamides is 1. The molecule has 0 spiro atoms. The van der Waals surface area contributed by atoms with Gasteiger partial charge in [-0.15, -0.1) is 0 Å². The van der Waals surface area contributed by atoms with Crippen molar-refractivity contribution in [2.45, 2.75) is 11.3 Å². The van der Waals surface area contributed by atoms with E-state index in [4.69, 9.17) is 11.6 Å². The van der Waals surface area contributed by atoms with Crippen molar-refractivity contribution in [2.24, 2.45) is 5.14 Å². The summed E-state index contributed by atoms with van der Waals surface area (Å²) in [6, 6.07) is 0. The first-order valence-electron chi connectivity index (χ1n) is 3.80. The quantitative estimate of drug-likeness (QED) is 0.663. The number of nitro groups is 1. The van der Waals surface area contributed by atoms with Crippen molar-refractivity contribution in [2.75, 3.05) is 0 Å². The first-order chi connectivity index (χ1) is 7.66. The highest BCUT2D eigenvalue weighted by atomic mass is 35.5. The fourth-order valence-corrected chi connectivity index (χ4v) is 2.30. The predicted molar refractivity (Wildman–Crippen MR) is 52.2 cm³/mol. The monoisotopic (exact) mass is 287 g/mol. The molecular formula is C6H4ClF2N3O4S. The van der Waals surface area contributed by atoms with Gasteiger partial charge >= 0.3 is 5.82 Å². The van der Waals surface area contributed by atoms with Crippen LogP contribution in [0.4, 0.5) is 14.6 Å². The number of aromatic nitrogens is 1. The number of hydrogen-bond acceptors (Lipinski definition) is 5. The standard InChI is InChI=1S/C6H4ClF2N3O4S/c7-3-2(5(8)9)1-11-6(12(13)14)4(3)17(10,15)16/h1,5H,(H2,10,15,16). The summed E-state index contributed by atoms with van der Waals surface area (Å²) in [5.74, 6) is -1.19. The second-order valence-corrected chi connectivity index (χ2v) is 4.66. The zero-order valence-electron chi connectivity index (χ0n) is 7.80. The minimum absolute atomic E-state index is 0.430. The highest BCUT2D eigenvalue weighted by molar-refractivity contribution is 7.89. The summed E-state index contributed by atoms with van der Waals surface area (Å²) in [5.41, 5.74) is -0.943.